The van der Waals surface area contributed by atoms with Gasteiger partial charge in [-0.15, -0.1) is 0 Å². The van der Waals surface area contributed by atoms with Crippen molar-refractivity contribution in [2.75, 3.05) is 0 Å². The predicted octanol–water partition coefficient (Wildman–Crippen LogP) is 7.46. The molecule has 5 rings (SSSR count). The van der Waals surface area contributed by atoms with E-state index in [1.54, 1.807) is 6.92 Å². The van der Waals surface area contributed by atoms with Gasteiger partial charge in [0.25, 0.3) is 0 Å². The molecule has 5 fully saturated rings. The van der Waals surface area contributed by atoms with Crippen LogP contribution in [0.25, 0.3) is 0 Å². The number of ether oxygens (including phenoxy) is 1. The van der Waals surface area contributed by atoms with Crippen LogP contribution < -0.4 is 0 Å². The van der Waals surface area contributed by atoms with Gasteiger partial charge in [0.15, 0.2) is 0 Å². The van der Waals surface area contributed by atoms with E-state index in [1.165, 1.54) is 38.5 Å². The van der Waals surface area contributed by atoms with E-state index in [0.717, 1.165) is 25.2 Å². The van der Waals surface area contributed by atoms with Crippen molar-refractivity contribution in [3.63, 3.8) is 0 Å². The van der Waals surface area contributed by atoms with Gasteiger partial charge in [-0.3, -0.25) is 9.59 Å². The third-order valence-electron chi connectivity index (χ3n) is 13.3. The number of ketones is 1. The zero-order chi connectivity index (χ0) is 24.8. The number of esters is 1. The smallest absolute Gasteiger partial charge is 0.302 e. The van der Waals surface area contributed by atoms with E-state index in [4.69, 9.17) is 4.74 Å². The van der Waals surface area contributed by atoms with Crippen LogP contribution in [0.15, 0.2) is 0 Å². The molecular formula is C31H50O3. The SMILES string of the molecule is CC(=O)OC1CCC2(C)C(CCC3(C)C4CCC5(C)CCC(C)C(C)C5C4C(=O)CC32)C1(C)C. The van der Waals surface area contributed by atoms with Gasteiger partial charge < -0.3 is 4.74 Å². The number of Topliss-reactive ketones (excluding diaryl/α,β-unsaturated/α-hetero) is 1. The van der Waals surface area contributed by atoms with E-state index >= 15 is 0 Å². The molecule has 3 nitrogen and oxygen atoms in total. The molecule has 11 unspecified atom stereocenters. The van der Waals surface area contributed by atoms with Crippen molar-refractivity contribution >= 4 is 11.8 Å². The molecule has 0 radical (unpaired) electrons. The van der Waals surface area contributed by atoms with E-state index in [1.807, 2.05) is 0 Å². The van der Waals surface area contributed by atoms with Crippen LogP contribution in [0.1, 0.15) is 113 Å². The lowest BCUT2D eigenvalue weighted by atomic mass is 9.35. The Hall–Kier alpha value is -0.860. The summed E-state index contributed by atoms with van der Waals surface area (Å²) in [7, 11) is 0. The summed E-state index contributed by atoms with van der Waals surface area (Å²) in [4.78, 5) is 26.0. The van der Waals surface area contributed by atoms with Crippen LogP contribution in [0.4, 0.5) is 0 Å². The van der Waals surface area contributed by atoms with E-state index in [2.05, 4.69) is 48.5 Å². The molecule has 0 bridgehead atoms. The molecule has 5 aliphatic carbocycles. The van der Waals surface area contributed by atoms with Gasteiger partial charge in [0.2, 0.25) is 0 Å². The predicted molar refractivity (Wildman–Crippen MR) is 136 cm³/mol. The lowest BCUT2D eigenvalue weighted by molar-refractivity contribution is -0.223. The molecular weight excluding hydrogens is 420 g/mol. The van der Waals surface area contributed by atoms with Crippen LogP contribution >= 0.6 is 0 Å². The average Bonchev–Trinajstić information content (AvgIpc) is 2.74. The molecule has 0 N–H and O–H groups in total. The Balaban J connectivity index is 1.49. The van der Waals surface area contributed by atoms with E-state index in [-0.39, 0.29) is 34.2 Å². The quantitative estimate of drug-likeness (QED) is 0.373. The van der Waals surface area contributed by atoms with Gasteiger partial charge in [0.05, 0.1) is 0 Å². The Morgan fingerprint density at radius 1 is 0.853 bits per heavy atom. The number of carbonyl (C=O) groups excluding carboxylic acids is 2. The van der Waals surface area contributed by atoms with E-state index in [9.17, 15) is 9.59 Å². The summed E-state index contributed by atoms with van der Waals surface area (Å²) in [5, 5.41) is 0. The summed E-state index contributed by atoms with van der Waals surface area (Å²) in [5.41, 5.74) is 0.728. The number of hydrogen-bond acceptors (Lipinski definition) is 3. The lowest BCUT2D eigenvalue weighted by Gasteiger charge is -2.69. The zero-order valence-electron chi connectivity index (χ0n) is 23.2. The highest BCUT2D eigenvalue weighted by Crippen LogP contribution is 2.72. The zero-order valence-corrected chi connectivity index (χ0v) is 23.2. The normalized spacial score (nSPS) is 54.2. The minimum atomic E-state index is -0.154. The van der Waals surface area contributed by atoms with E-state index < -0.39 is 0 Å². The molecule has 0 amide bonds. The number of rotatable bonds is 1. The van der Waals surface area contributed by atoms with E-state index in [0.29, 0.717) is 40.8 Å². The molecule has 0 spiro atoms. The van der Waals surface area contributed by atoms with Crippen molar-refractivity contribution in [3.05, 3.63) is 0 Å². The summed E-state index contributed by atoms with van der Waals surface area (Å²) >= 11 is 0. The van der Waals surface area contributed by atoms with Crippen molar-refractivity contribution in [1.82, 2.24) is 0 Å². The molecule has 0 saturated heterocycles. The fraction of sp³-hybridized carbons (Fsp3) is 0.935. The summed E-state index contributed by atoms with van der Waals surface area (Å²) in [6, 6.07) is 0. The first-order valence-electron chi connectivity index (χ1n) is 14.5. The molecule has 5 saturated carbocycles. The van der Waals surface area contributed by atoms with Gasteiger partial charge in [0, 0.05) is 24.7 Å². The highest BCUT2D eigenvalue weighted by molar-refractivity contribution is 5.83. The van der Waals surface area contributed by atoms with Crippen LogP contribution in [0.2, 0.25) is 0 Å². The van der Waals surface area contributed by atoms with Crippen molar-refractivity contribution in [1.29, 1.82) is 0 Å². The van der Waals surface area contributed by atoms with Crippen LogP contribution in [-0.2, 0) is 14.3 Å². The van der Waals surface area contributed by atoms with Crippen molar-refractivity contribution in [2.45, 2.75) is 119 Å². The highest BCUT2D eigenvalue weighted by atomic mass is 16.5. The average molecular weight is 471 g/mol. The first kappa shape index (κ1) is 24.8. The second kappa shape index (κ2) is 7.82. The maximum absolute atomic E-state index is 14.2. The summed E-state index contributed by atoms with van der Waals surface area (Å²) < 4.78 is 5.85. The third kappa shape index (κ3) is 3.26. The van der Waals surface area contributed by atoms with Crippen LogP contribution in [0.5, 0.6) is 0 Å². The molecule has 3 heteroatoms. The largest absolute Gasteiger partial charge is 0.462 e. The summed E-state index contributed by atoms with van der Waals surface area (Å²) in [6.45, 7) is 18.7. The van der Waals surface area contributed by atoms with Crippen LogP contribution in [0, 0.1) is 63.1 Å². The van der Waals surface area contributed by atoms with Crippen molar-refractivity contribution < 1.29 is 14.3 Å². The minimum absolute atomic E-state index is 0.000522. The van der Waals surface area contributed by atoms with Gasteiger partial charge in [-0.05, 0) is 103 Å². The number of fused-ring (bicyclic) bond motifs is 7. The Kier molecular flexibility index (Phi) is 5.71. The fourth-order valence-corrected chi connectivity index (χ4v) is 11.3. The molecule has 0 aromatic heterocycles. The molecule has 5 aliphatic rings. The molecule has 0 aromatic rings. The van der Waals surface area contributed by atoms with Crippen molar-refractivity contribution in [3.8, 4) is 0 Å². The van der Waals surface area contributed by atoms with Gasteiger partial charge in [-0.1, -0.05) is 48.5 Å². The first-order valence-corrected chi connectivity index (χ1v) is 14.5. The highest BCUT2D eigenvalue weighted by Gasteiger charge is 2.68. The second-order valence-corrected chi connectivity index (χ2v) is 15.0. The molecule has 192 valence electrons. The third-order valence-corrected chi connectivity index (χ3v) is 13.3. The standard InChI is InChI=1S/C31H50O3/c1-18-9-13-29(6)14-10-21-26(27(29)19(18)2)22(33)17-24-30(21,7)15-11-23-28(4,5)25(34-20(3)32)12-16-31(23,24)8/h18-19,21,23-27H,9-17H2,1-8H3. The Labute approximate surface area is 208 Å². The molecule has 0 aromatic carbocycles. The maximum Gasteiger partial charge on any atom is 0.302 e. The first-order chi connectivity index (χ1) is 15.8. The molecule has 34 heavy (non-hydrogen) atoms. The fourth-order valence-electron chi connectivity index (χ4n) is 11.3. The monoisotopic (exact) mass is 470 g/mol. The Morgan fingerprint density at radius 2 is 1.50 bits per heavy atom. The maximum atomic E-state index is 14.2. The Bertz CT molecular complexity index is 861. The van der Waals surface area contributed by atoms with Gasteiger partial charge in [0.1, 0.15) is 11.9 Å². The molecule has 0 aliphatic heterocycles. The molecule has 0 heterocycles. The summed E-state index contributed by atoms with van der Waals surface area (Å²) in [5.74, 6) is 4.21. The number of hydrogen-bond donors (Lipinski definition) is 0. The lowest BCUT2D eigenvalue weighted by Crippen LogP contribution is -2.66. The Morgan fingerprint density at radius 3 is 2.18 bits per heavy atom. The van der Waals surface area contributed by atoms with Gasteiger partial charge in [-0.2, -0.15) is 0 Å². The summed E-state index contributed by atoms with van der Waals surface area (Å²) in [6.07, 6.45) is 10.4. The second-order valence-electron chi connectivity index (χ2n) is 15.0. The van der Waals surface area contributed by atoms with Gasteiger partial charge in [-0.25, -0.2) is 0 Å². The topological polar surface area (TPSA) is 43.4 Å². The van der Waals surface area contributed by atoms with Crippen molar-refractivity contribution in [2.24, 2.45) is 63.1 Å². The van der Waals surface area contributed by atoms with Gasteiger partial charge >= 0.3 is 5.97 Å². The molecule has 11 atom stereocenters. The minimum Gasteiger partial charge on any atom is -0.462 e. The number of carbonyl (C=O) groups is 2. The van der Waals surface area contributed by atoms with Crippen LogP contribution in [-0.4, -0.2) is 17.9 Å². The van der Waals surface area contributed by atoms with Crippen LogP contribution in [0.3, 0.4) is 0 Å².